The van der Waals surface area contributed by atoms with E-state index in [2.05, 4.69) is 20.9 Å². The van der Waals surface area contributed by atoms with Crippen molar-refractivity contribution in [3.8, 4) is 11.4 Å². The highest BCUT2D eigenvalue weighted by Gasteiger charge is 2.18. The van der Waals surface area contributed by atoms with Crippen molar-refractivity contribution in [2.24, 2.45) is 0 Å². The molecule has 2 aromatic carbocycles. The molecule has 1 aliphatic rings. The van der Waals surface area contributed by atoms with Gasteiger partial charge in [-0.1, -0.05) is 15.9 Å². The maximum absolute atomic E-state index is 12.3. The fourth-order valence-electron chi connectivity index (χ4n) is 2.64. The maximum atomic E-state index is 12.3. The summed E-state index contributed by atoms with van der Waals surface area (Å²) in [6, 6.07) is 11.5. The minimum Gasteiger partial charge on any atom is -0.471 e. The van der Waals surface area contributed by atoms with Gasteiger partial charge < -0.3 is 14.6 Å². The number of aromatic nitrogens is 2. The Bertz CT molecular complexity index is 913. The van der Waals surface area contributed by atoms with Gasteiger partial charge in [0, 0.05) is 17.6 Å². The molecule has 5 nitrogen and oxygen atoms in total. The lowest BCUT2D eigenvalue weighted by Crippen LogP contribution is -2.15. The number of hydrogen-bond donors (Lipinski definition) is 1. The van der Waals surface area contributed by atoms with E-state index in [0.29, 0.717) is 6.73 Å². The lowest BCUT2D eigenvalue weighted by molar-refractivity contribution is 0.353. The number of aromatic amines is 1. The van der Waals surface area contributed by atoms with Crippen LogP contribution in [-0.4, -0.2) is 23.3 Å². The van der Waals surface area contributed by atoms with Crippen LogP contribution in [0.4, 0.5) is 5.69 Å². The number of halogens is 1. The van der Waals surface area contributed by atoms with Gasteiger partial charge in [-0.25, -0.2) is 4.79 Å². The number of fused-ring (bicyclic) bond motifs is 2. The van der Waals surface area contributed by atoms with Crippen molar-refractivity contribution < 1.29 is 4.74 Å². The standard InChI is InChI=1S/C15H12BrN3O2/c1-18-8-21-14-7-10(3-5-12(14)18)19-13-6-9(16)2-4-11(13)17-15(19)20/h2-7H,8H2,1H3,(H,17,20). The molecule has 3 aromatic rings. The van der Waals surface area contributed by atoms with E-state index < -0.39 is 0 Å². The van der Waals surface area contributed by atoms with Crippen molar-refractivity contribution in [3.05, 3.63) is 51.4 Å². The van der Waals surface area contributed by atoms with Crippen LogP contribution in [0.15, 0.2) is 45.7 Å². The number of nitrogens with zero attached hydrogens (tertiary/aromatic N) is 2. The number of H-pyrrole nitrogens is 1. The Morgan fingerprint density at radius 3 is 2.95 bits per heavy atom. The van der Waals surface area contributed by atoms with Crippen molar-refractivity contribution in [1.82, 2.24) is 9.55 Å². The quantitative estimate of drug-likeness (QED) is 0.737. The minimum absolute atomic E-state index is 0.158. The van der Waals surface area contributed by atoms with Crippen LogP contribution in [0.1, 0.15) is 0 Å². The predicted octanol–water partition coefficient (Wildman–Crippen LogP) is 2.87. The molecule has 21 heavy (non-hydrogen) atoms. The Morgan fingerprint density at radius 1 is 1.24 bits per heavy atom. The second kappa shape index (κ2) is 4.39. The molecule has 0 amide bonds. The first kappa shape index (κ1) is 12.5. The summed E-state index contributed by atoms with van der Waals surface area (Å²) in [5, 5.41) is 0. The Hall–Kier alpha value is -2.21. The van der Waals surface area contributed by atoms with Crippen LogP contribution < -0.4 is 15.3 Å². The van der Waals surface area contributed by atoms with Crippen LogP contribution in [0.2, 0.25) is 0 Å². The summed E-state index contributed by atoms with van der Waals surface area (Å²) in [6.45, 7) is 0.535. The third-order valence-electron chi connectivity index (χ3n) is 3.67. The number of nitrogens with one attached hydrogen (secondary N) is 1. The van der Waals surface area contributed by atoms with Crippen molar-refractivity contribution in [3.63, 3.8) is 0 Å². The first-order valence-electron chi connectivity index (χ1n) is 6.52. The van der Waals surface area contributed by atoms with Gasteiger partial charge in [0.15, 0.2) is 6.73 Å². The monoisotopic (exact) mass is 345 g/mol. The average molecular weight is 346 g/mol. The van der Waals surface area contributed by atoms with Crippen LogP contribution in [0.25, 0.3) is 16.7 Å². The van der Waals surface area contributed by atoms with Crippen molar-refractivity contribution in [2.45, 2.75) is 0 Å². The van der Waals surface area contributed by atoms with Gasteiger partial charge in [-0.15, -0.1) is 0 Å². The molecule has 0 aliphatic carbocycles. The topological polar surface area (TPSA) is 50.3 Å². The van der Waals surface area contributed by atoms with Gasteiger partial charge in [0.25, 0.3) is 0 Å². The Labute approximate surface area is 128 Å². The molecule has 0 saturated carbocycles. The molecule has 0 radical (unpaired) electrons. The largest absolute Gasteiger partial charge is 0.471 e. The van der Waals surface area contributed by atoms with Crippen LogP contribution in [0.5, 0.6) is 5.75 Å². The lowest BCUT2D eigenvalue weighted by Gasteiger charge is -2.09. The third kappa shape index (κ3) is 1.86. The number of anilines is 1. The molecule has 6 heteroatoms. The smallest absolute Gasteiger partial charge is 0.331 e. The number of imidazole rings is 1. The molecule has 4 rings (SSSR count). The van der Waals surface area contributed by atoms with Gasteiger partial charge in [-0.3, -0.25) is 4.57 Å². The summed E-state index contributed by atoms with van der Waals surface area (Å²) in [7, 11) is 1.97. The zero-order valence-corrected chi connectivity index (χ0v) is 12.8. The second-order valence-electron chi connectivity index (χ2n) is 5.05. The van der Waals surface area contributed by atoms with E-state index in [1.54, 1.807) is 4.57 Å². The van der Waals surface area contributed by atoms with E-state index >= 15 is 0 Å². The molecule has 1 aromatic heterocycles. The van der Waals surface area contributed by atoms with Gasteiger partial charge in [0.1, 0.15) is 5.75 Å². The molecule has 1 N–H and O–H groups in total. The van der Waals surface area contributed by atoms with Crippen molar-refractivity contribution >= 4 is 32.7 Å². The number of hydrogen-bond acceptors (Lipinski definition) is 3. The Morgan fingerprint density at radius 2 is 2.10 bits per heavy atom. The molecule has 0 fully saturated rings. The minimum atomic E-state index is -0.158. The molecule has 0 bridgehead atoms. The summed E-state index contributed by atoms with van der Waals surface area (Å²) in [5.74, 6) is 0.797. The van der Waals surface area contributed by atoms with Gasteiger partial charge in [0.05, 0.1) is 22.4 Å². The Balaban J connectivity index is 1.97. The van der Waals surface area contributed by atoms with E-state index in [1.807, 2.05) is 48.3 Å². The van der Waals surface area contributed by atoms with Crippen LogP contribution in [-0.2, 0) is 0 Å². The zero-order chi connectivity index (χ0) is 14.6. The molecule has 0 unspecified atom stereocenters. The van der Waals surface area contributed by atoms with E-state index in [4.69, 9.17) is 4.74 Å². The van der Waals surface area contributed by atoms with Crippen LogP contribution >= 0.6 is 15.9 Å². The molecule has 1 aliphatic heterocycles. The van der Waals surface area contributed by atoms with E-state index in [1.165, 1.54) is 0 Å². The summed E-state index contributed by atoms with van der Waals surface area (Å²) < 4.78 is 8.20. The highest BCUT2D eigenvalue weighted by atomic mass is 79.9. The van der Waals surface area contributed by atoms with E-state index in [0.717, 1.165) is 32.6 Å². The SMILES string of the molecule is CN1COc2cc(-n3c(=O)[nH]c4ccc(Br)cc43)ccc21. The number of ether oxygens (including phenoxy) is 1. The summed E-state index contributed by atoms with van der Waals surface area (Å²) in [5.41, 5.74) is 3.31. The van der Waals surface area contributed by atoms with Crippen LogP contribution in [0, 0.1) is 0 Å². The molecule has 0 spiro atoms. The third-order valence-corrected chi connectivity index (χ3v) is 4.17. The van der Waals surface area contributed by atoms with Gasteiger partial charge in [-0.2, -0.15) is 0 Å². The Kier molecular flexibility index (Phi) is 2.62. The first-order chi connectivity index (χ1) is 10.1. The molecular weight excluding hydrogens is 334 g/mol. The number of rotatable bonds is 1. The fourth-order valence-corrected chi connectivity index (χ4v) is 2.99. The number of benzene rings is 2. The van der Waals surface area contributed by atoms with Crippen molar-refractivity contribution in [2.75, 3.05) is 18.7 Å². The lowest BCUT2D eigenvalue weighted by atomic mass is 10.2. The molecule has 2 heterocycles. The zero-order valence-electron chi connectivity index (χ0n) is 11.3. The molecule has 106 valence electrons. The van der Waals surface area contributed by atoms with Gasteiger partial charge >= 0.3 is 5.69 Å². The van der Waals surface area contributed by atoms with Gasteiger partial charge in [0.2, 0.25) is 0 Å². The van der Waals surface area contributed by atoms with E-state index in [-0.39, 0.29) is 5.69 Å². The average Bonchev–Trinajstić information content (AvgIpc) is 2.98. The predicted molar refractivity (Wildman–Crippen MR) is 85.5 cm³/mol. The van der Waals surface area contributed by atoms with Gasteiger partial charge in [-0.05, 0) is 30.3 Å². The highest BCUT2D eigenvalue weighted by Crippen LogP contribution is 2.34. The molecule has 0 saturated heterocycles. The maximum Gasteiger partial charge on any atom is 0.331 e. The normalized spacial score (nSPS) is 13.5. The van der Waals surface area contributed by atoms with E-state index in [9.17, 15) is 4.79 Å². The summed E-state index contributed by atoms with van der Waals surface area (Å²) in [4.78, 5) is 17.1. The summed E-state index contributed by atoms with van der Waals surface area (Å²) in [6.07, 6.45) is 0. The summed E-state index contributed by atoms with van der Waals surface area (Å²) >= 11 is 3.45. The second-order valence-corrected chi connectivity index (χ2v) is 5.97. The first-order valence-corrected chi connectivity index (χ1v) is 7.31. The molecular formula is C15H12BrN3O2. The highest BCUT2D eigenvalue weighted by molar-refractivity contribution is 9.10. The van der Waals surface area contributed by atoms with Crippen LogP contribution in [0.3, 0.4) is 0 Å². The van der Waals surface area contributed by atoms with Crippen molar-refractivity contribution in [1.29, 1.82) is 0 Å². The fraction of sp³-hybridized carbons (Fsp3) is 0.133. The molecule has 0 atom stereocenters.